The van der Waals surface area contributed by atoms with Crippen molar-refractivity contribution < 1.29 is 18.5 Å². The van der Waals surface area contributed by atoms with Gasteiger partial charge in [0.1, 0.15) is 5.75 Å². The minimum absolute atomic E-state index is 0.0286. The number of carbonyl (C=O) groups excluding carboxylic acids is 1. The Bertz CT molecular complexity index is 786. The molecule has 3 aromatic rings. The fraction of sp³-hybridized carbons (Fsp3) is 0.200. The summed E-state index contributed by atoms with van der Waals surface area (Å²) in [5, 5.41) is 13.6. The number of carbonyl (C=O) groups is 1. The Morgan fingerprint density at radius 1 is 1.25 bits per heavy atom. The number of ether oxygens (including phenoxy) is 1. The zero-order valence-electron chi connectivity index (χ0n) is 12.8. The summed E-state index contributed by atoms with van der Waals surface area (Å²) in [6, 6.07) is 9.27. The van der Waals surface area contributed by atoms with E-state index in [1.807, 2.05) is 24.3 Å². The first-order valence-electron chi connectivity index (χ1n) is 7.06. The number of nitrogens with one attached hydrogen (secondary N) is 1. The monoisotopic (exact) mass is 346 g/mol. The maximum atomic E-state index is 11.9. The van der Waals surface area contributed by atoms with Gasteiger partial charge < -0.3 is 13.7 Å². The summed E-state index contributed by atoms with van der Waals surface area (Å²) in [7, 11) is 1.62. The zero-order valence-corrected chi connectivity index (χ0v) is 13.6. The lowest BCUT2D eigenvalue weighted by Crippen LogP contribution is -2.12. The van der Waals surface area contributed by atoms with Gasteiger partial charge in [0.15, 0.2) is 0 Å². The molecule has 0 fully saturated rings. The molecule has 0 bridgehead atoms. The van der Waals surface area contributed by atoms with E-state index in [0.29, 0.717) is 17.9 Å². The van der Waals surface area contributed by atoms with E-state index in [-0.39, 0.29) is 17.8 Å². The number of benzene rings is 1. The van der Waals surface area contributed by atoms with Crippen LogP contribution in [0.5, 0.6) is 5.75 Å². The normalized spacial score (nSPS) is 10.5. The summed E-state index contributed by atoms with van der Waals surface area (Å²) in [5.41, 5.74) is 0. The third-order valence-electron chi connectivity index (χ3n) is 2.98. The second-order valence-electron chi connectivity index (χ2n) is 4.61. The molecule has 2 heterocycles. The first-order valence-corrected chi connectivity index (χ1v) is 8.04. The third kappa shape index (κ3) is 4.13. The summed E-state index contributed by atoms with van der Waals surface area (Å²) in [5.74, 6) is 1.73. The Kier molecular flexibility index (Phi) is 5.12. The standard InChI is InChI=1S/C15H14N4O4S/c1-21-10-2-4-11(5-3-10)24-9-7-13(20)17-15-19-18-14(22-15)12-6-8-16-23-12/h2-6,8H,7,9H2,1H3,(H,17,19,20). The molecule has 0 aliphatic heterocycles. The minimum Gasteiger partial charge on any atom is -0.497 e. The second-order valence-corrected chi connectivity index (χ2v) is 5.78. The number of anilines is 1. The molecule has 8 nitrogen and oxygen atoms in total. The zero-order chi connectivity index (χ0) is 16.8. The van der Waals surface area contributed by atoms with Gasteiger partial charge in [-0.2, -0.15) is 0 Å². The number of nitrogens with zero attached hydrogens (tertiary/aromatic N) is 3. The average Bonchev–Trinajstić information content (AvgIpc) is 3.27. The predicted molar refractivity (Wildman–Crippen MR) is 86.8 cm³/mol. The fourth-order valence-electron chi connectivity index (χ4n) is 1.81. The van der Waals surface area contributed by atoms with E-state index in [2.05, 4.69) is 20.7 Å². The van der Waals surface area contributed by atoms with Crippen LogP contribution in [-0.2, 0) is 4.79 Å². The van der Waals surface area contributed by atoms with E-state index < -0.39 is 0 Å². The largest absolute Gasteiger partial charge is 0.497 e. The molecule has 0 aliphatic carbocycles. The molecule has 1 amide bonds. The van der Waals surface area contributed by atoms with Crippen molar-refractivity contribution in [2.24, 2.45) is 0 Å². The van der Waals surface area contributed by atoms with Gasteiger partial charge >= 0.3 is 6.01 Å². The Balaban J connectivity index is 1.45. The van der Waals surface area contributed by atoms with Crippen molar-refractivity contribution in [3.8, 4) is 17.4 Å². The number of thioether (sulfide) groups is 1. The maximum Gasteiger partial charge on any atom is 0.322 e. The van der Waals surface area contributed by atoms with Crippen LogP contribution in [0.2, 0.25) is 0 Å². The van der Waals surface area contributed by atoms with Crippen LogP contribution in [0.3, 0.4) is 0 Å². The number of hydrogen-bond donors (Lipinski definition) is 1. The van der Waals surface area contributed by atoms with Crippen molar-refractivity contribution >= 4 is 23.7 Å². The summed E-state index contributed by atoms with van der Waals surface area (Å²) < 4.78 is 15.3. The lowest BCUT2D eigenvalue weighted by atomic mass is 10.3. The molecule has 0 radical (unpaired) electrons. The average molecular weight is 346 g/mol. The van der Waals surface area contributed by atoms with Crippen LogP contribution >= 0.6 is 11.8 Å². The number of hydrogen-bond acceptors (Lipinski definition) is 8. The van der Waals surface area contributed by atoms with Crippen molar-refractivity contribution in [1.82, 2.24) is 15.4 Å². The molecule has 0 unspecified atom stereocenters. The van der Waals surface area contributed by atoms with Crippen molar-refractivity contribution in [1.29, 1.82) is 0 Å². The van der Waals surface area contributed by atoms with Gasteiger partial charge in [0.05, 0.1) is 13.3 Å². The van der Waals surface area contributed by atoms with Crippen LogP contribution in [0.1, 0.15) is 6.42 Å². The Morgan fingerprint density at radius 3 is 2.79 bits per heavy atom. The molecule has 9 heteroatoms. The van der Waals surface area contributed by atoms with Crippen molar-refractivity contribution in [2.75, 3.05) is 18.2 Å². The van der Waals surface area contributed by atoms with E-state index in [1.54, 1.807) is 24.9 Å². The lowest BCUT2D eigenvalue weighted by molar-refractivity contribution is -0.115. The summed E-state index contributed by atoms with van der Waals surface area (Å²) in [6.07, 6.45) is 1.78. The van der Waals surface area contributed by atoms with Gasteiger partial charge in [-0.15, -0.1) is 16.9 Å². The first kappa shape index (κ1) is 16.1. The molecular weight excluding hydrogens is 332 g/mol. The van der Waals surface area contributed by atoms with E-state index in [0.717, 1.165) is 10.6 Å². The smallest absolute Gasteiger partial charge is 0.322 e. The molecule has 0 aliphatic rings. The van der Waals surface area contributed by atoms with Crippen LogP contribution < -0.4 is 10.1 Å². The number of rotatable bonds is 7. The summed E-state index contributed by atoms with van der Waals surface area (Å²) >= 11 is 1.58. The second kappa shape index (κ2) is 7.64. The highest BCUT2D eigenvalue weighted by molar-refractivity contribution is 7.99. The first-order chi connectivity index (χ1) is 11.7. The van der Waals surface area contributed by atoms with Gasteiger partial charge in [0.2, 0.25) is 11.7 Å². The van der Waals surface area contributed by atoms with Crippen LogP contribution in [0.15, 0.2) is 50.4 Å². The highest BCUT2D eigenvalue weighted by Gasteiger charge is 2.13. The van der Waals surface area contributed by atoms with Gasteiger partial charge in [-0.3, -0.25) is 10.1 Å². The van der Waals surface area contributed by atoms with Gasteiger partial charge in [0.25, 0.3) is 5.89 Å². The van der Waals surface area contributed by atoms with Gasteiger partial charge in [-0.1, -0.05) is 10.3 Å². The minimum atomic E-state index is -0.205. The van der Waals surface area contributed by atoms with E-state index in [1.165, 1.54) is 6.20 Å². The molecule has 24 heavy (non-hydrogen) atoms. The van der Waals surface area contributed by atoms with Crippen LogP contribution in [0, 0.1) is 0 Å². The van der Waals surface area contributed by atoms with Crippen molar-refractivity contribution in [3.63, 3.8) is 0 Å². The molecule has 1 aromatic carbocycles. The number of aromatic nitrogens is 3. The molecule has 3 rings (SSSR count). The third-order valence-corrected chi connectivity index (χ3v) is 3.99. The quantitative estimate of drug-likeness (QED) is 0.651. The Morgan fingerprint density at radius 2 is 2.08 bits per heavy atom. The van der Waals surface area contributed by atoms with Crippen molar-refractivity contribution in [2.45, 2.75) is 11.3 Å². The molecular formula is C15H14N4O4S. The van der Waals surface area contributed by atoms with E-state index >= 15 is 0 Å². The molecule has 0 saturated heterocycles. The molecule has 2 aromatic heterocycles. The molecule has 0 saturated carbocycles. The van der Waals surface area contributed by atoms with Gasteiger partial charge in [0, 0.05) is 23.1 Å². The Hall–Kier alpha value is -2.81. The Labute approximate surface area is 141 Å². The maximum absolute atomic E-state index is 11.9. The van der Waals surface area contributed by atoms with Gasteiger partial charge in [-0.05, 0) is 24.3 Å². The predicted octanol–water partition coefficient (Wildman–Crippen LogP) is 2.85. The van der Waals surface area contributed by atoms with Crippen LogP contribution in [-0.4, -0.2) is 34.1 Å². The fourth-order valence-corrected chi connectivity index (χ4v) is 2.67. The SMILES string of the molecule is COc1ccc(SCCC(=O)Nc2nnc(-c3ccno3)o2)cc1. The molecule has 1 N–H and O–H groups in total. The molecule has 124 valence electrons. The topological polar surface area (TPSA) is 103 Å². The van der Waals surface area contributed by atoms with Gasteiger partial charge in [-0.25, -0.2) is 0 Å². The van der Waals surface area contributed by atoms with Crippen LogP contribution in [0.25, 0.3) is 11.7 Å². The number of methoxy groups -OCH3 is 1. The lowest BCUT2D eigenvalue weighted by Gasteiger charge is -2.03. The summed E-state index contributed by atoms with van der Waals surface area (Å²) in [4.78, 5) is 13.0. The molecule has 0 atom stereocenters. The molecule has 0 spiro atoms. The highest BCUT2D eigenvalue weighted by atomic mass is 32.2. The van der Waals surface area contributed by atoms with E-state index in [9.17, 15) is 4.79 Å². The van der Waals surface area contributed by atoms with E-state index in [4.69, 9.17) is 13.7 Å². The number of amides is 1. The van der Waals surface area contributed by atoms with Crippen molar-refractivity contribution in [3.05, 3.63) is 36.5 Å². The summed E-state index contributed by atoms with van der Waals surface area (Å²) in [6.45, 7) is 0. The highest BCUT2D eigenvalue weighted by Crippen LogP contribution is 2.22. The van der Waals surface area contributed by atoms with Crippen LogP contribution in [0.4, 0.5) is 6.01 Å².